The van der Waals surface area contributed by atoms with Crippen molar-refractivity contribution in [2.24, 2.45) is 5.92 Å². The van der Waals surface area contributed by atoms with Crippen molar-refractivity contribution in [2.75, 3.05) is 17.7 Å². The standard InChI is InChI=1S/C19H22N2O3/c1-13(2)11-18(22)20-15-7-9-16(10-8-15)21-19(23)14-5-4-6-17(12-14)24-3/h4-10,12-13H,11H2,1-3H3,(H,20,22)(H,21,23). The van der Waals surface area contributed by atoms with E-state index < -0.39 is 0 Å². The van der Waals surface area contributed by atoms with E-state index in [0.717, 1.165) is 0 Å². The molecule has 5 nitrogen and oxygen atoms in total. The van der Waals surface area contributed by atoms with E-state index in [1.807, 2.05) is 13.8 Å². The first-order valence-corrected chi connectivity index (χ1v) is 7.83. The molecule has 0 spiro atoms. The summed E-state index contributed by atoms with van der Waals surface area (Å²) < 4.78 is 5.12. The van der Waals surface area contributed by atoms with Crippen molar-refractivity contribution in [2.45, 2.75) is 20.3 Å². The average molecular weight is 326 g/mol. The fourth-order valence-corrected chi connectivity index (χ4v) is 2.19. The number of carbonyl (C=O) groups excluding carboxylic acids is 2. The van der Waals surface area contributed by atoms with Gasteiger partial charge in [-0.1, -0.05) is 19.9 Å². The molecule has 0 saturated carbocycles. The molecule has 0 unspecified atom stereocenters. The predicted octanol–water partition coefficient (Wildman–Crippen LogP) is 3.93. The Morgan fingerprint density at radius 1 is 1.00 bits per heavy atom. The maximum Gasteiger partial charge on any atom is 0.255 e. The zero-order valence-electron chi connectivity index (χ0n) is 14.1. The summed E-state index contributed by atoms with van der Waals surface area (Å²) in [6.45, 7) is 3.99. The highest BCUT2D eigenvalue weighted by Gasteiger charge is 2.08. The van der Waals surface area contributed by atoms with E-state index in [9.17, 15) is 9.59 Å². The Bertz CT molecular complexity index is 709. The summed E-state index contributed by atoms with van der Waals surface area (Å²) >= 11 is 0. The van der Waals surface area contributed by atoms with Gasteiger partial charge in [-0.2, -0.15) is 0 Å². The minimum Gasteiger partial charge on any atom is -0.497 e. The summed E-state index contributed by atoms with van der Waals surface area (Å²) in [7, 11) is 1.56. The predicted molar refractivity (Wildman–Crippen MR) is 95.5 cm³/mol. The first kappa shape index (κ1) is 17.5. The van der Waals surface area contributed by atoms with Crippen LogP contribution >= 0.6 is 0 Å². The van der Waals surface area contributed by atoms with Crippen LogP contribution in [0.2, 0.25) is 0 Å². The number of benzene rings is 2. The fourth-order valence-electron chi connectivity index (χ4n) is 2.19. The normalized spacial score (nSPS) is 10.3. The van der Waals surface area contributed by atoms with Gasteiger partial charge in [-0.05, 0) is 48.4 Å². The molecule has 0 radical (unpaired) electrons. The van der Waals surface area contributed by atoms with Crippen LogP contribution in [-0.2, 0) is 4.79 Å². The zero-order valence-corrected chi connectivity index (χ0v) is 14.1. The molecule has 5 heteroatoms. The lowest BCUT2D eigenvalue weighted by atomic mass is 10.1. The number of methoxy groups -OCH3 is 1. The highest BCUT2D eigenvalue weighted by atomic mass is 16.5. The molecular weight excluding hydrogens is 304 g/mol. The van der Waals surface area contributed by atoms with Gasteiger partial charge in [0.05, 0.1) is 7.11 Å². The second kappa shape index (κ2) is 8.15. The van der Waals surface area contributed by atoms with Gasteiger partial charge in [0.15, 0.2) is 0 Å². The molecule has 2 N–H and O–H groups in total. The van der Waals surface area contributed by atoms with Crippen LogP contribution < -0.4 is 15.4 Å². The number of rotatable bonds is 6. The number of hydrogen-bond donors (Lipinski definition) is 2. The topological polar surface area (TPSA) is 67.4 Å². The monoisotopic (exact) mass is 326 g/mol. The summed E-state index contributed by atoms with van der Waals surface area (Å²) in [6.07, 6.45) is 0.480. The first-order valence-electron chi connectivity index (χ1n) is 7.83. The van der Waals surface area contributed by atoms with Crippen molar-refractivity contribution in [3.8, 4) is 5.75 Å². The minimum atomic E-state index is -0.217. The van der Waals surface area contributed by atoms with Gasteiger partial charge >= 0.3 is 0 Å². The average Bonchev–Trinajstić information content (AvgIpc) is 2.56. The maximum absolute atomic E-state index is 12.2. The van der Waals surface area contributed by atoms with E-state index in [1.165, 1.54) is 0 Å². The van der Waals surface area contributed by atoms with Crippen LogP contribution in [0.5, 0.6) is 5.75 Å². The van der Waals surface area contributed by atoms with Crippen molar-refractivity contribution >= 4 is 23.2 Å². The van der Waals surface area contributed by atoms with E-state index >= 15 is 0 Å². The molecular formula is C19H22N2O3. The maximum atomic E-state index is 12.2. The van der Waals surface area contributed by atoms with Crippen molar-refractivity contribution in [1.82, 2.24) is 0 Å². The number of ether oxygens (including phenoxy) is 1. The van der Waals surface area contributed by atoms with Crippen molar-refractivity contribution < 1.29 is 14.3 Å². The number of nitrogens with one attached hydrogen (secondary N) is 2. The molecule has 24 heavy (non-hydrogen) atoms. The van der Waals surface area contributed by atoms with Crippen LogP contribution in [0.3, 0.4) is 0 Å². The highest BCUT2D eigenvalue weighted by molar-refractivity contribution is 6.04. The van der Waals surface area contributed by atoms with Crippen LogP contribution in [0, 0.1) is 5.92 Å². The number of amides is 2. The van der Waals surface area contributed by atoms with E-state index in [0.29, 0.717) is 35.0 Å². The van der Waals surface area contributed by atoms with Crippen LogP contribution in [0.1, 0.15) is 30.6 Å². The molecule has 0 aromatic heterocycles. The molecule has 2 rings (SSSR count). The Morgan fingerprint density at radius 3 is 2.21 bits per heavy atom. The Hall–Kier alpha value is -2.82. The van der Waals surface area contributed by atoms with E-state index in [4.69, 9.17) is 4.74 Å². The largest absolute Gasteiger partial charge is 0.497 e. The molecule has 0 atom stereocenters. The van der Waals surface area contributed by atoms with Crippen molar-refractivity contribution in [3.63, 3.8) is 0 Å². The molecule has 0 aliphatic carbocycles. The molecule has 0 heterocycles. The Labute approximate surface area is 142 Å². The van der Waals surface area contributed by atoms with Gasteiger partial charge in [-0.3, -0.25) is 9.59 Å². The summed E-state index contributed by atoms with van der Waals surface area (Å²) in [4.78, 5) is 24.0. The minimum absolute atomic E-state index is 0.0156. The number of carbonyl (C=O) groups is 2. The molecule has 0 bridgehead atoms. The van der Waals surface area contributed by atoms with Crippen LogP contribution in [0.15, 0.2) is 48.5 Å². The van der Waals surface area contributed by atoms with Gasteiger partial charge in [-0.15, -0.1) is 0 Å². The molecule has 0 aliphatic rings. The van der Waals surface area contributed by atoms with Gasteiger partial charge in [-0.25, -0.2) is 0 Å². The van der Waals surface area contributed by atoms with E-state index in [-0.39, 0.29) is 11.8 Å². The number of anilines is 2. The van der Waals surface area contributed by atoms with Gasteiger partial charge in [0.2, 0.25) is 5.91 Å². The summed E-state index contributed by atoms with van der Waals surface area (Å²) in [5.74, 6) is 0.709. The third-order valence-corrected chi connectivity index (χ3v) is 3.35. The molecule has 0 fully saturated rings. The van der Waals surface area contributed by atoms with Crippen molar-refractivity contribution in [1.29, 1.82) is 0 Å². The van der Waals surface area contributed by atoms with Gasteiger partial charge < -0.3 is 15.4 Å². The SMILES string of the molecule is COc1cccc(C(=O)Nc2ccc(NC(=O)CC(C)C)cc2)c1. The van der Waals surface area contributed by atoms with Crippen LogP contribution in [-0.4, -0.2) is 18.9 Å². The molecule has 0 saturated heterocycles. The molecule has 2 amide bonds. The molecule has 126 valence electrons. The quantitative estimate of drug-likeness (QED) is 0.845. The zero-order chi connectivity index (χ0) is 17.5. The first-order chi connectivity index (χ1) is 11.5. The van der Waals surface area contributed by atoms with Crippen LogP contribution in [0.25, 0.3) is 0 Å². The van der Waals surface area contributed by atoms with E-state index in [1.54, 1.807) is 55.6 Å². The number of hydrogen-bond acceptors (Lipinski definition) is 3. The summed E-state index contributed by atoms with van der Waals surface area (Å²) in [5, 5.41) is 5.65. The third kappa shape index (κ3) is 5.12. The Morgan fingerprint density at radius 2 is 1.62 bits per heavy atom. The summed E-state index contributed by atoms with van der Waals surface area (Å²) in [5.41, 5.74) is 1.88. The van der Waals surface area contributed by atoms with Gasteiger partial charge in [0.25, 0.3) is 5.91 Å². The Balaban J connectivity index is 1.98. The molecule has 2 aromatic carbocycles. The Kier molecular flexibility index (Phi) is 5.95. The van der Waals surface area contributed by atoms with E-state index in [2.05, 4.69) is 10.6 Å². The molecule has 0 aliphatic heterocycles. The third-order valence-electron chi connectivity index (χ3n) is 3.35. The smallest absolute Gasteiger partial charge is 0.255 e. The van der Waals surface area contributed by atoms with Crippen LogP contribution in [0.4, 0.5) is 11.4 Å². The molecule has 2 aromatic rings. The second-order valence-corrected chi connectivity index (χ2v) is 5.91. The lowest BCUT2D eigenvalue weighted by molar-refractivity contribution is -0.116. The summed E-state index contributed by atoms with van der Waals surface area (Å²) in [6, 6.07) is 14.0. The second-order valence-electron chi connectivity index (χ2n) is 5.91. The lowest BCUT2D eigenvalue weighted by Gasteiger charge is -2.09. The van der Waals surface area contributed by atoms with Gasteiger partial charge in [0.1, 0.15) is 5.75 Å². The highest BCUT2D eigenvalue weighted by Crippen LogP contribution is 2.17. The fraction of sp³-hybridized carbons (Fsp3) is 0.263. The van der Waals surface area contributed by atoms with Crippen molar-refractivity contribution in [3.05, 3.63) is 54.1 Å². The van der Waals surface area contributed by atoms with Gasteiger partial charge in [0, 0.05) is 23.4 Å². The lowest BCUT2D eigenvalue weighted by Crippen LogP contribution is -2.14.